The van der Waals surface area contributed by atoms with Crippen molar-refractivity contribution < 1.29 is 4.79 Å². The first kappa shape index (κ1) is 16.8. The van der Waals surface area contributed by atoms with E-state index in [-0.39, 0.29) is 11.3 Å². The molecule has 1 fully saturated rings. The fourth-order valence-electron chi connectivity index (χ4n) is 2.95. The lowest BCUT2D eigenvalue weighted by Crippen LogP contribution is -2.34. The van der Waals surface area contributed by atoms with Crippen LogP contribution in [0.4, 0.5) is 5.69 Å². The Morgan fingerprint density at radius 1 is 1.23 bits per heavy atom. The molecule has 1 unspecified atom stereocenters. The van der Waals surface area contributed by atoms with Crippen LogP contribution in [-0.2, 0) is 4.79 Å². The van der Waals surface area contributed by atoms with Gasteiger partial charge in [-0.3, -0.25) is 0 Å². The van der Waals surface area contributed by atoms with E-state index in [9.17, 15) is 4.79 Å². The zero-order chi connectivity index (χ0) is 16.3. The molecule has 1 saturated heterocycles. The lowest BCUT2D eigenvalue weighted by molar-refractivity contribution is -0.111. The van der Waals surface area contributed by atoms with Crippen LogP contribution in [0.5, 0.6) is 0 Å². The van der Waals surface area contributed by atoms with Gasteiger partial charge in [0, 0.05) is 24.7 Å². The van der Waals surface area contributed by atoms with Crippen LogP contribution in [0.3, 0.4) is 0 Å². The highest BCUT2D eigenvalue weighted by molar-refractivity contribution is 5.67. The Balaban J connectivity index is 2.05. The normalized spacial score (nSPS) is 18.1. The van der Waals surface area contributed by atoms with Crippen LogP contribution in [-0.4, -0.2) is 19.4 Å². The van der Waals surface area contributed by atoms with Gasteiger partial charge in [-0.25, -0.2) is 0 Å². The molecule has 1 aliphatic heterocycles. The van der Waals surface area contributed by atoms with Gasteiger partial charge in [0.2, 0.25) is 0 Å². The van der Waals surface area contributed by atoms with E-state index in [2.05, 4.69) is 63.4 Å². The van der Waals surface area contributed by atoms with Crippen molar-refractivity contribution in [3.63, 3.8) is 0 Å². The van der Waals surface area contributed by atoms with Gasteiger partial charge in [-0.05, 0) is 47.4 Å². The minimum atomic E-state index is 0.229. The van der Waals surface area contributed by atoms with E-state index in [0.29, 0.717) is 5.92 Å². The molecule has 1 aromatic carbocycles. The maximum atomic E-state index is 10.8. The highest BCUT2D eigenvalue weighted by atomic mass is 16.1. The van der Waals surface area contributed by atoms with Gasteiger partial charge in [0.25, 0.3) is 0 Å². The summed E-state index contributed by atoms with van der Waals surface area (Å²) in [5.41, 5.74) is 3.92. The first-order valence-corrected chi connectivity index (χ1v) is 8.32. The van der Waals surface area contributed by atoms with Crippen molar-refractivity contribution in [1.29, 1.82) is 0 Å². The fourth-order valence-corrected chi connectivity index (χ4v) is 2.95. The second kappa shape index (κ2) is 6.68. The molecule has 22 heavy (non-hydrogen) atoms. The summed E-state index contributed by atoms with van der Waals surface area (Å²) in [4.78, 5) is 13.2. The minimum absolute atomic E-state index is 0.229. The van der Waals surface area contributed by atoms with Crippen LogP contribution in [0.15, 0.2) is 30.8 Å². The molecule has 1 aliphatic rings. The number of piperidine rings is 1. The summed E-state index contributed by atoms with van der Waals surface area (Å²) < 4.78 is 0. The number of hydrogen-bond acceptors (Lipinski definition) is 2. The number of allylic oxidation sites excluding steroid dienone is 1. The summed E-state index contributed by atoms with van der Waals surface area (Å²) in [5.74, 6) is 0.699. The number of rotatable bonds is 4. The molecule has 0 aromatic heterocycles. The monoisotopic (exact) mass is 299 g/mol. The lowest BCUT2D eigenvalue weighted by atomic mass is 9.76. The zero-order valence-electron chi connectivity index (χ0n) is 14.4. The largest absolute Gasteiger partial charge is 0.371 e. The molecule has 1 heterocycles. The molecule has 0 saturated carbocycles. The first-order valence-electron chi connectivity index (χ1n) is 8.32. The Hall–Kier alpha value is -1.57. The van der Waals surface area contributed by atoms with E-state index in [1.165, 1.54) is 16.8 Å². The van der Waals surface area contributed by atoms with Crippen molar-refractivity contribution in [2.45, 2.75) is 40.5 Å². The van der Waals surface area contributed by atoms with E-state index in [1.54, 1.807) is 0 Å². The van der Waals surface area contributed by atoms with Crippen molar-refractivity contribution in [2.24, 2.45) is 17.3 Å². The molecule has 0 bridgehead atoms. The van der Waals surface area contributed by atoms with Crippen LogP contribution in [0.1, 0.15) is 46.1 Å². The second-order valence-corrected chi connectivity index (χ2v) is 7.62. The van der Waals surface area contributed by atoms with Crippen LogP contribution in [0.25, 0.3) is 5.57 Å². The topological polar surface area (TPSA) is 20.3 Å². The lowest BCUT2D eigenvalue weighted by Gasteiger charge is -2.32. The van der Waals surface area contributed by atoms with Gasteiger partial charge in [0.1, 0.15) is 6.29 Å². The molecule has 120 valence electrons. The highest BCUT2D eigenvalue weighted by Crippen LogP contribution is 2.36. The Labute approximate surface area is 135 Å². The average Bonchev–Trinajstić information content (AvgIpc) is 2.53. The molecule has 2 rings (SSSR count). The van der Waals surface area contributed by atoms with E-state index < -0.39 is 0 Å². The van der Waals surface area contributed by atoms with Crippen molar-refractivity contribution in [3.05, 3.63) is 36.4 Å². The summed E-state index contributed by atoms with van der Waals surface area (Å²) in [6.07, 6.45) is 3.05. The van der Waals surface area contributed by atoms with Crippen LogP contribution in [0, 0.1) is 17.3 Å². The van der Waals surface area contributed by atoms with Gasteiger partial charge in [0.15, 0.2) is 0 Å². The Kier molecular flexibility index (Phi) is 5.10. The maximum Gasteiger partial charge on any atom is 0.123 e. The molecule has 0 amide bonds. The zero-order valence-corrected chi connectivity index (χ0v) is 14.4. The van der Waals surface area contributed by atoms with E-state index in [0.717, 1.165) is 32.2 Å². The number of carbonyl (C=O) groups excluding carboxylic acids is 1. The fraction of sp³-hybridized carbons (Fsp3) is 0.550. The van der Waals surface area contributed by atoms with E-state index in [1.807, 2.05) is 0 Å². The highest BCUT2D eigenvalue weighted by Gasteiger charge is 2.23. The predicted molar refractivity (Wildman–Crippen MR) is 95.1 cm³/mol. The van der Waals surface area contributed by atoms with Crippen molar-refractivity contribution in [3.8, 4) is 0 Å². The molecule has 1 aromatic rings. The Bertz CT molecular complexity index is 516. The predicted octanol–water partition coefficient (Wildman–Crippen LogP) is 4.80. The van der Waals surface area contributed by atoms with E-state index >= 15 is 0 Å². The maximum absolute atomic E-state index is 10.8. The SMILES string of the molecule is C=C(c1ccc(N2CCC(C=O)CC2)cc1)C(C)C(C)(C)C. The molecule has 0 aliphatic carbocycles. The standard InChI is InChI=1S/C20H29NO/c1-15(16(2)20(3,4)5)18-6-8-19(9-7-18)21-12-10-17(14-22)11-13-21/h6-9,14,16-17H,1,10-13H2,2-5H3. The molecule has 0 N–H and O–H groups in total. The van der Waals surface area contributed by atoms with Gasteiger partial charge in [-0.1, -0.05) is 46.4 Å². The summed E-state index contributed by atoms with van der Waals surface area (Å²) in [5, 5.41) is 0. The Morgan fingerprint density at radius 3 is 2.23 bits per heavy atom. The van der Waals surface area contributed by atoms with Gasteiger partial charge in [-0.15, -0.1) is 0 Å². The molecule has 0 spiro atoms. The van der Waals surface area contributed by atoms with Gasteiger partial charge in [-0.2, -0.15) is 0 Å². The molecule has 0 radical (unpaired) electrons. The minimum Gasteiger partial charge on any atom is -0.371 e. The summed E-state index contributed by atoms with van der Waals surface area (Å²) in [6, 6.07) is 8.76. The first-order chi connectivity index (χ1) is 10.3. The summed E-state index contributed by atoms with van der Waals surface area (Å²) in [7, 11) is 0. The quantitative estimate of drug-likeness (QED) is 0.744. The third-order valence-corrected chi connectivity index (χ3v) is 5.16. The van der Waals surface area contributed by atoms with E-state index in [4.69, 9.17) is 0 Å². The van der Waals surface area contributed by atoms with Crippen LogP contribution < -0.4 is 4.90 Å². The number of benzene rings is 1. The number of nitrogens with zero attached hydrogens (tertiary/aromatic N) is 1. The van der Waals surface area contributed by atoms with Crippen molar-refractivity contribution >= 4 is 17.5 Å². The molecular formula is C20H29NO. The third kappa shape index (κ3) is 3.79. The number of carbonyl (C=O) groups is 1. The number of aldehydes is 1. The molecule has 1 atom stereocenters. The van der Waals surface area contributed by atoms with Crippen LogP contribution in [0.2, 0.25) is 0 Å². The molecular weight excluding hydrogens is 270 g/mol. The summed E-state index contributed by atoms with van der Waals surface area (Å²) in [6.45, 7) is 15.3. The van der Waals surface area contributed by atoms with Crippen molar-refractivity contribution in [2.75, 3.05) is 18.0 Å². The summed E-state index contributed by atoms with van der Waals surface area (Å²) >= 11 is 0. The molecule has 2 heteroatoms. The average molecular weight is 299 g/mol. The van der Waals surface area contributed by atoms with Gasteiger partial charge in [0.05, 0.1) is 0 Å². The van der Waals surface area contributed by atoms with Gasteiger partial charge >= 0.3 is 0 Å². The number of hydrogen-bond donors (Lipinski definition) is 0. The smallest absolute Gasteiger partial charge is 0.123 e. The van der Waals surface area contributed by atoms with Crippen LogP contribution >= 0.6 is 0 Å². The van der Waals surface area contributed by atoms with Gasteiger partial charge < -0.3 is 9.69 Å². The third-order valence-electron chi connectivity index (χ3n) is 5.16. The van der Waals surface area contributed by atoms with Crippen molar-refractivity contribution in [1.82, 2.24) is 0 Å². The second-order valence-electron chi connectivity index (χ2n) is 7.62. The number of anilines is 1. The molecule has 2 nitrogen and oxygen atoms in total. The Morgan fingerprint density at radius 2 is 1.77 bits per heavy atom.